The van der Waals surface area contributed by atoms with Crippen molar-refractivity contribution >= 4 is 23.5 Å². The van der Waals surface area contributed by atoms with Crippen LogP contribution < -0.4 is 14.8 Å². The lowest BCUT2D eigenvalue weighted by molar-refractivity contribution is -0.137. The molecule has 1 aliphatic rings. The first-order valence-corrected chi connectivity index (χ1v) is 8.65. The maximum atomic E-state index is 13.7. The highest BCUT2D eigenvalue weighted by molar-refractivity contribution is 6.30. The third-order valence-corrected chi connectivity index (χ3v) is 4.34. The Labute approximate surface area is 159 Å². The van der Waals surface area contributed by atoms with E-state index in [1.54, 1.807) is 18.2 Å². The molecule has 142 valence electrons. The van der Waals surface area contributed by atoms with Gasteiger partial charge in [0, 0.05) is 0 Å². The molecular formula is C19H17ClFNO5. The summed E-state index contributed by atoms with van der Waals surface area (Å²) < 4.78 is 24.6. The minimum Gasteiger partial charge on any atom is -0.486 e. The molecule has 6 nitrogen and oxygen atoms in total. The second kappa shape index (κ2) is 8.26. The van der Waals surface area contributed by atoms with Crippen LogP contribution in [0.15, 0.2) is 36.4 Å². The van der Waals surface area contributed by atoms with Gasteiger partial charge in [-0.2, -0.15) is 0 Å². The van der Waals surface area contributed by atoms with Crippen LogP contribution in [0.1, 0.15) is 23.6 Å². The first-order valence-electron chi connectivity index (χ1n) is 8.27. The monoisotopic (exact) mass is 393 g/mol. The van der Waals surface area contributed by atoms with Gasteiger partial charge in [0.15, 0.2) is 11.5 Å². The van der Waals surface area contributed by atoms with Crippen LogP contribution >= 0.6 is 11.6 Å². The molecule has 3 rings (SSSR count). The summed E-state index contributed by atoms with van der Waals surface area (Å²) in [5.74, 6) is -1.01. The summed E-state index contributed by atoms with van der Waals surface area (Å²) in [4.78, 5) is 23.5. The van der Waals surface area contributed by atoms with Crippen LogP contribution in [0, 0.1) is 5.82 Å². The van der Waals surface area contributed by atoms with Gasteiger partial charge in [0.2, 0.25) is 5.91 Å². The molecule has 1 heterocycles. The van der Waals surface area contributed by atoms with Crippen molar-refractivity contribution in [1.29, 1.82) is 0 Å². The third kappa shape index (κ3) is 4.89. The largest absolute Gasteiger partial charge is 0.486 e. The number of carboxylic acids is 1. The maximum Gasteiger partial charge on any atom is 0.305 e. The molecule has 1 amide bonds. The number of benzene rings is 2. The molecule has 0 saturated carbocycles. The predicted molar refractivity (Wildman–Crippen MR) is 95.7 cm³/mol. The molecule has 0 radical (unpaired) electrons. The Kier molecular flexibility index (Phi) is 5.81. The standard InChI is InChI=1S/C19H17ClFNO5/c20-13-3-2-12(9-14(13)21)15(10-19(24)25)22-18(23)8-11-1-4-16-17(7-11)27-6-5-26-16/h1-4,7,9,15H,5-6,8,10H2,(H,22,23)(H,24,25). The maximum absolute atomic E-state index is 13.7. The molecule has 2 aromatic rings. The molecule has 2 aromatic carbocycles. The fourth-order valence-corrected chi connectivity index (χ4v) is 2.90. The van der Waals surface area contributed by atoms with Crippen LogP contribution in [0.25, 0.3) is 0 Å². The molecule has 0 saturated heterocycles. The van der Waals surface area contributed by atoms with E-state index in [-0.39, 0.29) is 17.9 Å². The number of carbonyl (C=O) groups excluding carboxylic acids is 1. The second-order valence-electron chi connectivity index (χ2n) is 6.05. The lowest BCUT2D eigenvalue weighted by Crippen LogP contribution is -2.31. The molecule has 0 fully saturated rings. The average Bonchev–Trinajstić information content (AvgIpc) is 2.63. The number of carbonyl (C=O) groups is 2. The highest BCUT2D eigenvalue weighted by Crippen LogP contribution is 2.31. The molecule has 1 unspecified atom stereocenters. The minimum atomic E-state index is -1.12. The second-order valence-corrected chi connectivity index (χ2v) is 6.45. The Bertz CT molecular complexity index is 873. The quantitative estimate of drug-likeness (QED) is 0.787. The van der Waals surface area contributed by atoms with E-state index >= 15 is 0 Å². The molecule has 2 N–H and O–H groups in total. The van der Waals surface area contributed by atoms with E-state index in [4.69, 9.17) is 26.2 Å². The lowest BCUT2D eigenvalue weighted by atomic mass is 10.0. The van der Waals surface area contributed by atoms with Crippen LogP contribution in [-0.4, -0.2) is 30.2 Å². The van der Waals surface area contributed by atoms with Crippen molar-refractivity contribution in [3.8, 4) is 11.5 Å². The normalized spacial score (nSPS) is 13.7. The average molecular weight is 394 g/mol. The van der Waals surface area contributed by atoms with Gasteiger partial charge in [-0.1, -0.05) is 23.7 Å². The molecule has 1 atom stereocenters. The van der Waals surface area contributed by atoms with Crippen molar-refractivity contribution in [3.05, 3.63) is 58.4 Å². The van der Waals surface area contributed by atoms with E-state index in [9.17, 15) is 14.0 Å². The van der Waals surface area contributed by atoms with E-state index in [1.807, 2.05) is 0 Å². The van der Waals surface area contributed by atoms with Gasteiger partial charge in [0.05, 0.1) is 23.9 Å². The number of nitrogens with one attached hydrogen (secondary N) is 1. The van der Waals surface area contributed by atoms with Crippen molar-refractivity contribution < 1.29 is 28.6 Å². The summed E-state index contributed by atoms with van der Waals surface area (Å²) in [5, 5.41) is 11.7. The summed E-state index contributed by atoms with van der Waals surface area (Å²) in [6, 6.07) is 8.24. The summed E-state index contributed by atoms with van der Waals surface area (Å²) in [6.45, 7) is 0.910. The van der Waals surface area contributed by atoms with Gasteiger partial charge in [-0.15, -0.1) is 0 Å². The predicted octanol–water partition coefficient (Wildman–Crippen LogP) is 3.13. The summed E-state index contributed by atoms with van der Waals surface area (Å²) in [5.41, 5.74) is 1.02. The van der Waals surface area contributed by atoms with Gasteiger partial charge < -0.3 is 19.9 Å². The zero-order chi connectivity index (χ0) is 19.4. The smallest absolute Gasteiger partial charge is 0.305 e. The Hall–Kier alpha value is -2.80. The number of carboxylic acid groups (broad SMARTS) is 1. The third-order valence-electron chi connectivity index (χ3n) is 4.03. The summed E-state index contributed by atoms with van der Waals surface area (Å²) >= 11 is 5.66. The molecule has 0 aromatic heterocycles. The van der Waals surface area contributed by atoms with Gasteiger partial charge in [0.25, 0.3) is 0 Å². The number of rotatable bonds is 6. The van der Waals surface area contributed by atoms with Gasteiger partial charge in [-0.25, -0.2) is 4.39 Å². The fraction of sp³-hybridized carbons (Fsp3) is 0.263. The Morgan fingerprint density at radius 1 is 1.15 bits per heavy atom. The highest BCUT2D eigenvalue weighted by atomic mass is 35.5. The number of aliphatic carboxylic acids is 1. The zero-order valence-corrected chi connectivity index (χ0v) is 15.0. The van der Waals surface area contributed by atoms with Crippen LogP contribution in [0.3, 0.4) is 0 Å². The minimum absolute atomic E-state index is 0.0167. The number of hydrogen-bond acceptors (Lipinski definition) is 4. The van der Waals surface area contributed by atoms with Crippen molar-refractivity contribution in [2.45, 2.75) is 18.9 Å². The van der Waals surface area contributed by atoms with Crippen LogP contribution in [0.5, 0.6) is 11.5 Å². The van der Waals surface area contributed by atoms with E-state index in [2.05, 4.69) is 5.32 Å². The lowest BCUT2D eigenvalue weighted by Gasteiger charge is -2.20. The van der Waals surface area contributed by atoms with E-state index in [0.29, 0.717) is 35.8 Å². The SMILES string of the molecule is O=C(O)CC(NC(=O)Cc1ccc2c(c1)OCCO2)c1ccc(Cl)c(F)c1. The zero-order valence-electron chi connectivity index (χ0n) is 14.2. The van der Waals surface area contributed by atoms with Crippen molar-refractivity contribution in [3.63, 3.8) is 0 Å². The Morgan fingerprint density at radius 3 is 2.59 bits per heavy atom. The number of halogens is 2. The molecule has 0 aliphatic carbocycles. The Morgan fingerprint density at radius 2 is 1.89 bits per heavy atom. The molecule has 0 spiro atoms. The molecule has 1 aliphatic heterocycles. The Balaban J connectivity index is 1.72. The van der Waals surface area contributed by atoms with Crippen LogP contribution in [-0.2, 0) is 16.0 Å². The fourth-order valence-electron chi connectivity index (χ4n) is 2.78. The topological polar surface area (TPSA) is 84.9 Å². The number of hydrogen-bond donors (Lipinski definition) is 2. The highest BCUT2D eigenvalue weighted by Gasteiger charge is 2.20. The van der Waals surface area contributed by atoms with Gasteiger partial charge in [-0.05, 0) is 35.4 Å². The van der Waals surface area contributed by atoms with E-state index in [1.165, 1.54) is 12.1 Å². The van der Waals surface area contributed by atoms with Gasteiger partial charge >= 0.3 is 5.97 Å². The van der Waals surface area contributed by atoms with Crippen molar-refractivity contribution in [2.75, 3.05) is 13.2 Å². The number of ether oxygens (including phenoxy) is 2. The summed E-state index contributed by atoms with van der Waals surface area (Å²) in [6.07, 6.45) is -0.364. The molecular weight excluding hydrogens is 377 g/mol. The molecule has 27 heavy (non-hydrogen) atoms. The number of amides is 1. The van der Waals surface area contributed by atoms with E-state index < -0.39 is 23.7 Å². The van der Waals surface area contributed by atoms with Crippen LogP contribution in [0.2, 0.25) is 5.02 Å². The molecule has 8 heteroatoms. The van der Waals surface area contributed by atoms with Crippen molar-refractivity contribution in [2.24, 2.45) is 0 Å². The van der Waals surface area contributed by atoms with Crippen LogP contribution in [0.4, 0.5) is 4.39 Å². The first kappa shape index (κ1) is 19.0. The van der Waals surface area contributed by atoms with E-state index in [0.717, 1.165) is 6.07 Å². The summed E-state index contributed by atoms with van der Waals surface area (Å²) in [7, 11) is 0. The number of fused-ring (bicyclic) bond motifs is 1. The molecule has 0 bridgehead atoms. The van der Waals surface area contributed by atoms with Crippen molar-refractivity contribution in [1.82, 2.24) is 5.32 Å². The van der Waals surface area contributed by atoms with Gasteiger partial charge in [-0.3, -0.25) is 9.59 Å². The first-order chi connectivity index (χ1) is 12.9. The van der Waals surface area contributed by atoms with Gasteiger partial charge in [0.1, 0.15) is 19.0 Å².